The third-order valence-corrected chi connectivity index (χ3v) is 5.02. The van der Waals surface area contributed by atoms with Crippen LogP contribution in [0.1, 0.15) is 28.5 Å². The summed E-state index contributed by atoms with van der Waals surface area (Å²) in [6.45, 7) is 3.29. The van der Waals surface area contributed by atoms with Crippen LogP contribution in [0.3, 0.4) is 0 Å². The zero-order valence-corrected chi connectivity index (χ0v) is 15.2. The Bertz CT molecular complexity index is 947. The van der Waals surface area contributed by atoms with Gasteiger partial charge in [-0.25, -0.2) is 4.98 Å². The smallest absolute Gasteiger partial charge is 0.228 e. The summed E-state index contributed by atoms with van der Waals surface area (Å²) in [7, 11) is 1.84. The molecule has 3 aromatic rings. The number of aromatic nitrogens is 2. The first-order chi connectivity index (χ1) is 12.6. The van der Waals surface area contributed by atoms with Gasteiger partial charge in [0, 0.05) is 19.4 Å². The second kappa shape index (κ2) is 6.92. The van der Waals surface area contributed by atoms with Gasteiger partial charge in [-0.2, -0.15) is 0 Å². The molecule has 1 atom stereocenters. The van der Waals surface area contributed by atoms with Gasteiger partial charge >= 0.3 is 0 Å². The Balaban J connectivity index is 1.46. The predicted molar refractivity (Wildman–Crippen MR) is 100 cm³/mol. The molecule has 0 saturated carbocycles. The molecule has 2 aromatic heterocycles. The molecule has 0 radical (unpaired) electrons. The van der Waals surface area contributed by atoms with Gasteiger partial charge < -0.3 is 14.0 Å². The Labute approximate surface area is 153 Å². The Hall–Kier alpha value is -2.66. The van der Waals surface area contributed by atoms with E-state index in [-0.39, 0.29) is 12.0 Å². The molecule has 134 valence electrons. The Morgan fingerprint density at radius 1 is 1.31 bits per heavy atom. The van der Waals surface area contributed by atoms with E-state index in [4.69, 9.17) is 4.74 Å². The number of aryl methyl sites for hydroxylation is 1. The number of hydrogen-bond donors (Lipinski definition) is 0. The summed E-state index contributed by atoms with van der Waals surface area (Å²) in [5.74, 6) is 0.0534. The molecule has 3 heterocycles. The van der Waals surface area contributed by atoms with Crippen molar-refractivity contribution in [2.75, 3.05) is 20.2 Å². The van der Waals surface area contributed by atoms with E-state index >= 15 is 0 Å². The standard InChI is InChI=1S/C21H23N3O2/c1-15-6-5-10-24-13-17(22-21(15)24)12-20(25)23(2)14-19-18-8-4-3-7-16(18)9-11-26-19/h3-8,10,13,19H,9,11-12,14H2,1-2H3. The Morgan fingerprint density at radius 2 is 2.15 bits per heavy atom. The van der Waals surface area contributed by atoms with Crippen LogP contribution in [0.15, 0.2) is 48.8 Å². The lowest BCUT2D eigenvalue weighted by atomic mass is 9.97. The minimum Gasteiger partial charge on any atom is -0.371 e. The molecule has 1 amide bonds. The van der Waals surface area contributed by atoms with Crippen molar-refractivity contribution in [1.29, 1.82) is 0 Å². The van der Waals surface area contributed by atoms with E-state index < -0.39 is 0 Å². The summed E-state index contributed by atoms with van der Waals surface area (Å²) in [4.78, 5) is 19.0. The molecule has 1 aliphatic rings. The fourth-order valence-electron chi connectivity index (χ4n) is 3.56. The first-order valence-electron chi connectivity index (χ1n) is 8.98. The first-order valence-corrected chi connectivity index (χ1v) is 8.98. The number of pyridine rings is 1. The molecule has 1 aliphatic heterocycles. The van der Waals surface area contributed by atoms with Crippen molar-refractivity contribution in [3.63, 3.8) is 0 Å². The normalized spacial score (nSPS) is 16.5. The second-order valence-electron chi connectivity index (χ2n) is 6.91. The van der Waals surface area contributed by atoms with Crippen LogP contribution in [0.2, 0.25) is 0 Å². The summed E-state index contributed by atoms with van der Waals surface area (Å²) in [5.41, 5.74) is 5.32. The summed E-state index contributed by atoms with van der Waals surface area (Å²) < 4.78 is 7.90. The third-order valence-electron chi connectivity index (χ3n) is 5.02. The summed E-state index contributed by atoms with van der Waals surface area (Å²) in [5, 5.41) is 0. The summed E-state index contributed by atoms with van der Waals surface area (Å²) >= 11 is 0. The number of likely N-dealkylation sites (N-methyl/N-ethyl adjacent to an activating group) is 1. The molecule has 0 aliphatic carbocycles. The minimum atomic E-state index is -0.0581. The Kier molecular flexibility index (Phi) is 4.47. The number of fused-ring (bicyclic) bond motifs is 2. The number of carbonyl (C=O) groups excluding carboxylic acids is 1. The van der Waals surface area contributed by atoms with Gasteiger partial charge in [0.05, 0.1) is 25.3 Å². The van der Waals surface area contributed by atoms with Gasteiger partial charge in [0.1, 0.15) is 11.8 Å². The van der Waals surface area contributed by atoms with Gasteiger partial charge in [-0.15, -0.1) is 0 Å². The average Bonchev–Trinajstić information content (AvgIpc) is 3.06. The fraction of sp³-hybridized carbons (Fsp3) is 0.333. The predicted octanol–water partition coefficient (Wildman–Crippen LogP) is 2.96. The van der Waals surface area contributed by atoms with Crippen molar-refractivity contribution in [3.05, 3.63) is 71.2 Å². The molecule has 4 rings (SSSR count). The van der Waals surface area contributed by atoms with Crippen molar-refractivity contribution in [1.82, 2.24) is 14.3 Å². The molecule has 0 fully saturated rings. The van der Waals surface area contributed by atoms with Crippen molar-refractivity contribution in [2.45, 2.75) is 25.9 Å². The molecule has 5 nitrogen and oxygen atoms in total. The maximum atomic E-state index is 12.7. The number of ether oxygens (including phenoxy) is 1. The molecule has 0 spiro atoms. The number of hydrogen-bond acceptors (Lipinski definition) is 3. The number of amides is 1. The monoisotopic (exact) mass is 349 g/mol. The first kappa shape index (κ1) is 16.8. The van der Waals surface area contributed by atoms with E-state index in [9.17, 15) is 4.79 Å². The lowest BCUT2D eigenvalue weighted by Gasteiger charge is -2.29. The summed E-state index contributed by atoms with van der Waals surface area (Å²) in [6, 6.07) is 12.3. The van der Waals surface area contributed by atoms with Gasteiger partial charge in [-0.1, -0.05) is 30.3 Å². The minimum absolute atomic E-state index is 0.0534. The van der Waals surface area contributed by atoms with Crippen molar-refractivity contribution in [2.24, 2.45) is 0 Å². The van der Waals surface area contributed by atoms with E-state index in [1.807, 2.05) is 49.0 Å². The highest BCUT2D eigenvalue weighted by Crippen LogP contribution is 2.27. The molecular formula is C21H23N3O2. The highest BCUT2D eigenvalue weighted by atomic mass is 16.5. The number of benzene rings is 1. The molecule has 1 unspecified atom stereocenters. The van der Waals surface area contributed by atoms with Crippen LogP contribution < -0.4 is 0 Å². The van der Waals surface area contributed by atoms with Crippen LogP contribution in [-0.2, 0) is 22.4 Å². The van der Waals surface area contributed by atoms with Gasteiger partial charge in [0.2, 0.25) is 5.91 Å². The van der Waals surface area contributed by atoms with Crippen LogP contribution in [-0.4, -0.2) is 40.4 Å². The largest absolute Gasteiger partial charge is 0.371 e. The maximum absolute atomic E-state index is 12.7. The third kappa shape index (κ3) is 3.22. The molecule has 0 bridgehead atoms. The topological polar surface area (TPSA) is 46.8 Å². The average molecular weight is 349 g/mol. The van der Waals surface area contributed by atoms with Crippen molar-refractivity contribution < 1.29 is 9.53 Å². The van der Waals surface area contributed by atoms with Crippen LogP contribution in [0.25, 0.3) is 5.65 Å². The lowest BCUT2D eigenvalue weighted by molar-refractivity contribution is -0.131. The van der Waals surface area contributed by atoms with E-state index in [0.29, 0.717) is 19.6 Å². The SMILES string of the molecule is Cc1cccn2cc(CC(=O)N(C)CC3OCCc4ccccc43)nc12. The van der Waals surface area contributed by atoms with Crippen LogP contribution >= 0.6 is 0 Å². The lowest BCUT2D eigenvalue weighted by Crippen LogP contribution is -2.34. The number of rotatable bonds is 4. The summed E-state index contributed by atoms with van der Waals surface area (Å²) in [6.07, 6.45) is 5.06. The Morgan fingerprint density at radius 3 is 3.00 bits per heavy atom. The van der Waals surface area contributed by atoms with Crippen LogP contribution in [0, 0.1) is 6.92 Å². The zero-order valence-electron chi connectivity index (χ0n) is 15.2. The highest BCUT2D eigenvalue weighted by molar-refractivity contribution is 5.78. The fourth-order valence-corrected chi connectivity index (χ4v) is 3.56. The molecule has 1 aromatic carbocycles. The molecule has 26 heavy (non-hydrogen) atoms. The highest BCUT2D eigenvalue weighted by Gasteiger charge is 2.24. The zero-order chi connectivity index (χ0) is 18.1. The van der Waals surface area contributed by atoms with E-state index in [2.05, 4.69) is 23.2 Å². The van der Waals surface area contributed by atoms with Gasteiger partial charge in [0.15, 0.2) is 0 Å². The van der Waals surface area contributed by atoms with Crippen molar-refractivity contribution >= 4 is 11.6 Å². The number of nitrogens with zero attached hydrogens (tertiary/aromatic N) is 3. The molecule has 0 N–H and O–H groups in total. The van der Waals surface area contributed by atoms with Crippen molar-refractivity contribution in [3.8, 4) is 0 Å². The van der Waals surface area contributed by atoms with E-state index in [1.54, 1.807) is 4.90 Å². The second-order valence-corrected chi connectivity index (χ2v) is 6.91. The van der Waals surface area contributed by atoms with Crippen LogP contribution in [0.5, 0.6) is 0 Å². The number of imidazole rings is 1. The molecular weight excluding hydrogens is 326 g/mol. The van der Waals surface area contributed by atoms with Gasteiger partial charge in [0.25, 0.3) is 0 Å². The van der Waals surface area contributed by atoms with E-state index in [1.165, 1.54) is 11.1 Å². The van der Waals surface area contributed by atoms with E-state index in [0.717, 1.165) is 23.3 Å². The quantitative estimate of drug-likeness (QED) is 0.727. The van der Waals surface area contributed by atoms with Crippen LogP contribution in [0.4, 0.5) is 0 Å². The molecule has 0 saturated heterocycles. The van der Waals surface area contributed by atoms with Gasteiger partial charge in [-0.3, -0.25) is 4.79 Å². The number of carbonyl (C=O) groups is 1. The van der Waals surface area contributed by atoms with Gasteiger partial charge in [-0.05, 0) is 36.1 Å². The molecule has 5 heteroatoms. The maximum Gasteiger partial charge on any atom is 0.228 e.